The van der Waals surface area contributed by atoms with E-state index >= 15 is 0 Å². The standard InChI is InChI=1S/C13H22N2OS/c1-13(2,10-15(3)4)9-14-12(16)8-11-6-5-7-17-11/h5-7H,8-10H2,1-4H3,(H,14,16). The molecule has 1 amide bonds. The van der Waals surface area contributed by atoms with Gasteiger partial charge in [-0.1, -0.05) is 19.9 Å². The second kappa shape index (κ2) is 6.17. The van der Waals surface area contributed by atoms with E-state index in [-0.39, 0.29) is 11.3 Å². The molecule has 1 N–H and O–H groups in total. The Balaban J connectivity index is 2.32. The molecule has 0 saturated heterocycles. The molecule has 0 aliphatic heterocycles. The van der Waals surface area contributed by atoms with E-state index in [1.165, 1.54) is 0 Å². The number of amides is 1. The molecule has 96 valence electrons. The van der Waals surface area contributed by atoms with Crippen LogP contribution in [0.1, 0.15) is 18.7 Å². The van der Waals surface area contributed by atoms with E-state index in [0.29, 0.717) is 6.42 Å². The van der Waals surface area contributed by atoms with Gasteiger partial charge < -0.3 is 10.2 Å². The molecule has 0 bridgehead atoms. The minimum Gasteiger partial charge on any atom is -0.355 e. The van der Waals surface area contributed by atoms with Crippen LogP contribution >= 0.6 is 11.3 Å². The van der Waals surface area contributed by atoms with E-state index in [0.717, 1.165) is 18.0 Å². The van der Waals surface area contributed by atoms with E-state index in [9.17, 15) is 4.79 Å². The van der Waals surface area contributed by atoms with Crippen molar-refractivity contribution in [2.45, 2.75) is 20.3 Å². The van der Waals surface area contributed by atoms with E-state index in [1.54, 1.807) is 11.3 Å². The summed E-state index contributed by atoms with van der Waals surface area (Å²) in [6.07, 6.45) is 0.496. The summed E-state index contributed by atoms with van der Waals surface area (Å²) in [5.74, 6) is 0.110. The summed E-state index contributed by atoms with van der Waals surface area (Å²) >= 11 is 1.63. The highest BCUT2D eigenvalue weighted by Gasteiger charge is 2.19. The quantitative estimate of drug-likeness (QED) is 0.842. The van der Waals surface area contributed by atoms with Gasteiger partial charge >= 0.3 is 0 Å². The summed E-state index contributed by atoms with van der Waals surface area (Å²) in [7, 11) is 4.10. The van der Waals surface area contributed by atoms with Crippen molar-refractivity contribution >= 4 is 17.2 Å². The van der Waals surface area contributed by atoms with Crippen LogP contribution in [0.15, 0.2) is 17.5 Å². The molecule has 0 atom stereocenters. The van der Waals surface area contributed by atoms with Gasteiger partial charge in [-0.2, -0.15) is 0 Å². The second-order valence-corrected chi connectivity index (χ2v) is 6.47. The normalized spacial score (nSPS) is 11.8. The first-order valence-corrected chi connectivity index (χ1v) is 6.71. The van der Waals surface area contributed by atoms with Crippen LogP contribution in [0.5, 0.6) is 0 Å². The minimum atomic E-state index is 0.106. The fraction of sp³-hybridized carbons (Fsp3) is 0.615. The number of carbonyl (C=O) groups is 1. The van der Waals surface area contributed by atoms with Crippen molar-refractivity contribution in [1.82, 2.24) is 10.2 Å². The Bertz CT molecular complexity index is 344. The first kappa shape index (κ1) is 14.2. The zero-order valence-electron chi connectivity index (χ0n) is 11.1. The highest BCUT2D eigenvalue weighted by atomic mass is 32.1. The summed E-state index contributed by atoms with van der Waals surface area (Å²) in [5.41, 5.74) is 0.106. The molecule has 0 aliphatic rings. The van der Waals surface area contributed by atoms with Crippen molar-refractivity contribution in [3.63, 3.8) is 0 Å². The molecule has 0 aromatic carbocycles. The summed E-state index contributed by atoms with van der Waals surface area (Å²) in [5, 5.41) is 5.01. The Morgan fingerprint density at radius 3 is 2.71 bits per heavy atom. The van der Waals surface area contributed by atoms with Gasteiger partial charge in [0.25, 0.3) is 0 Å². The maximum absolute atomic E-state index is 11.7. The zero-order chi connectivity index (χ0) is 12.9. The average molecular weight is 254 g/mol. The average Bonchev–Trinajstić information content (AvgIpc) is 2.65. The third-order valence-corrected chi connectivity index (χ3v) is 3.30. The third-order valence-electron chi connectivity index (χ3n) is 2.42. The molecule has 0 spiro atoms. The first-order valence-electron chi connectivity index (χ1n) is 5.83. The predicted molar refractivity (Wildman–Crippen MR) is 73.4 cm³/mol. The van der Waals surface area contributed by atoms with Gasteiger partial charge in [0.2, 0.25) is 5.91 Å². The van der Waals surface area contributed by atoms with Crippen molar-refractivity contribution in [3.8, 4) is 0 Å². The van der Waals surface area contributed by atoms with Crippen molar-refractivity contribution in [3.05, 3.63) is 22.4 Å². The monoisotopic (exact) mass is 254 g/mol. The van der Waals surface area contributed by atoms with E-state index < -0.39 is 0 Å². The van der Waals surface area contributed by atoms with E-state index in [4.69, 9.17) is 0 Å². The maximum atomic E-state index is 11.7. The molecule has 1 aromatic rings. The zero-order valence-corrected chi connectivity index (χ0v) is 11.9. The molecular weight excluding hydrogens is 232 g/mol. The van der Waals surface area contributed by atoms with Crippen LogP contribution in [0.4, 0.5) is 0 Å². The fourth-order valence-corrected chi connectivity index (χ4v) is 2.59. The molecule has 1 rings (SSSR count). The molecule has 1 heterocycles. The summed E-state index contributed by atoms with van der Waals surface area (Å²) < 4.78 is 0. The SMILES string of the molecule is CN(C)CC(C)(C)CNC(=O)Cc1cccs1. The fourth-order valence-electron chi connectivity index (χ4n) is 1.88. The lowest BCUT2D eigenvalue weighted by atomic mass is 9.93. The summed E-state index contributed by atoms with van der Waals surface area (Å²) in [6.45, 7) is 6.01. The van der Waals surface area contributed by atoms with Gasteiger partial charge in [-0.25, -0.2) is 0 Å². The van der Waals surface area contributed by atoms with Crippen LogP contribution < -0.4 is 5.32 Å². The van der Waals surface area contributed by atoms with Crippen molar-refractivity contribution in [1.29, 1.82) is 0 Å². The number of nitrogens with zero attached hydrogens (tertiary/aromatic N) is 1. The molecule has 0 radical (unpaired) electrons. The Hall–Kier alpha value is -0.870. The van der Waals surface area contributed by atoms with Crippen molar-refractivity contribution in [2.24, 2.45) is 5.41 Å². The van der Waals surface area contributed by atoms with Crippen LogP contribution in [0.2, 0.25) is 0 Å². The number of hydrogen-bond donors (Lipinski definition) is 1. The first-order chi connectivity index (χ1) is 7.89. The predicted octanol–water partition coefficient (Wildman–Crippen LogP) is 1.99. The number of nitrogens with one attached hydrogen (secondary N) is 1. The largest absolute Gasteiger partial charge is 0.355 e. The molecule has 3 nitrogen and oxygen atoms in total. The van der Waals surface area contributed by atoms with Crippen LogP contribution in [0.3, 0.4) is 0 Å². The number of thiophene rings is 1. The summed E-state index contributed by atoms with van der Waals surface area (Å²) in [6, 6.07) is 3.97. The topological polar surface area (TPSA) is 32.3 Å². The Kier molecular flexibility index (Phi) is 5.15. The van der Waals surface area contributed by atoms with Gasteiger partial charge in [0.05, 0.1) is 6.42 Å². The van der Waals surface area contributed by atoms with Crippen molar-refractivity contribution in [2.75, 3.05) is 27.2 Å². The Morgan fingerprint density at radius 2 is 2.18 bits per heavy atom. The molecule has 17 heavy (non-hydrogen) atoms. The number of hydrogen-bond acceptors (Lipinski definition) is 3. The third kappa shape index (κ3) is 5.84. The molecule has 4 heteroatoms. The molecule has 0 saturated carbocycles. The maximum Gasteiger partial charge on any atom is 0.225 e. The van der Waals surface area contributed by atoms with Gasteiger partial charge in [0.15, 0.2) is 0 Å². The van der Waals surface area contributed by atoms with Gasteiger partial charge in [-0.15, -0.1) is 11.3 Å². The molecule has 0 aliphatic carbocycles. The molecule has 0 unspecified atom stereocenters. The lowest BCUT2D eigenvalue weighted by Gasteiger charge is -2.28. The van der Waals surface area contributed by atoms with Crippen LogP contribution in [0.25, 0.3) is 0 Å². The lowest BCUT2D eigenvalue weighted by molar-refractivity contribution is -0.120. The molecule has 0 fully saturated rings. The smallest absolute Gasteiger partial charge is 0.225 e. The van der Waals surface area contributed by atoms with Gasteiger partial charge in [-0.3, -0.25) is 4.79 Å². The number of rotatable bonds is 6. The Labute approximate surface area is 108 Å². The van der Waals surface area contributed by atoms with E-state index in [2.05, 4.69) is 38.2 Å². The van der Waals surface area contributed by atoms with Gasteiger partial charge in [-0.05, 0) is 31.0 Å². The molecule has 1 aromatic heterocycles. The van der Waals surface area contributed by atoms with Gasteiger partial charge in [0.1, 0.15) is 0 Å². The minimum absolute atomic E-state index is 0.106. The van der Waals surface area contributed by atoms with Crippen LogP contribution in [-0.4, -0.2) is 38.0 Å². The lowest BCUT2D eigenvalue weighted by Crippen LogP contribution is -2.40. The van der Waals surface area contributed by atoms with Crippen LogP contribution in [-0.2, 0) is 11.2 Å². The second-order valence-electron chi connectivity index (χ2n) is 5.43. The van der Waals surface area contributed by atoms with Crippen molar-refractivity contribution < 1.29 is 4.79 Å². The Morgan fingerprint density at radius 1 is 1.47 bits per heavy atom. The summed E-state index contributed by atoms with van der Waals surface area (Å²) in [4.78, 5) is 15.0. The van der Waals surface area contributed by atoms with Gasteiger partial charge in [0, 0.05) is 18.0 Å². The highest BCUT2D eigenvalue weighted by molar-refractivity contribution is 7.10. The van der Waals surface area contributed by atoms with E-state index in [1.807, 2.05) is 17.5 Å². The number of carbonyl (C=O) groups excluding carboxylic acids is 1. The van der Waals surface area contributed by atoms with Crippen LogP contribution in [0, 0.1) is 5.41 Å². The highest BCUT2D eigenvalue weighted by Crippen LogP contribution is 2.14. The molecular formula is C13H22N2OS.